The Bertz CT molecular complexity index is 821. The van der Waals surface area contributed by atoms with Crippen LogP contribution in [-0.2, 0) is 30.7 Å². The molecule has 132 valence electrons. The van der Waals surface area contributed by atoms with Crippen molar-refractivity contribution in [2.75, 3.05) is 6.54 Å². The van der Waals surface area contributed by atoms with Crippen LogP contribution in [0.3, 0.4) is 0 Å². The van der Waals surface area contributed by atoms with Crippen LogP contribution in [0.1, 0.15) is 44.0 Å². The van der Waals surface area contributed by atoms with Gasteiger partial charge in [0, 0.05) is 31.3 Å². The maximum atomic E-state index is 12.5. The van der Waals surface area contributed by atoms with E-state index < -0.39 is 5.60 Å². The van der Waals surface area contributed by atoms with E-state index in [-0.39, 0.29) is 6.09 Å². The molecule has 0 fully saturated rings. The van der Waals surface area contributed by atoms with Gasteiger partial charge in [-0.1, -0.05) is 0 Å². The van der Waals surface area contributed by atoms with E-state index in [0.717, 1.165) is 48.5 Å². The quantitative estimate of drug-likeness (QED) is 0.736. The number of rotatable bonds is 0. The first-order valence-corrected chi connectivity index (χ1v) is 8.80. The first-order chi connectivity index (χ1) is 11.9. The largest absolute Gasteiger partial charge is 0.444 e. The molecule has 25 heavy (non-hydrogen) atoms. The summed E-state index contributed by atoms with van der Waals surface area (Å²) in [5.74, 6) is 0. The molecule has 0 bridgehead atoms. The average molecular weight is 341 g/mol. The van der Waals surface area contributed by atoms with Crippen LogP contribution in [0.25, 0.3) is 11.4 Å². The Balaban J connectivity index is 1.71. The summed E-state index contributed by atoms with van der Waals surface area (Å²) in [6.07, 6.45) is 4.21. The topological polar surface area (TPSA) is 73.1 Å². The highest BCUT2D eigenvalue weighted by molar-refractivity contribution is 5.71. The van der Waals surface area contributed by atoms with Gasteiger partial charge in [0.05, 0.1) is 17.9 Å². The standard InChI is InChI=1S/C18H23N5O2/c1-18(2,3)25-17(24)22-10-7-14-13(11-22)16-15-12(6-8-19-20-15)5-4-9-23(16)21-14/h6,8H,4-5,7,9-11H2,1-3H3. The van der Waals surface area contributed by atoms with Gasteiger partial charge in [-0.05, 0) is 45.2 Å². The molecule has 2 aliphatic rings. The van der Waals surface area contributed by atoms with Gasteiger partial charge in [-0.15, -0.1) is 5.10 Å². The van der Waals surface area contributed by atoms with Crippen LogP contribution in [0.15, 0.2) is 12.3 Å². The smallest absolute Gasteiger partial charge is 0.410 e. The molecule has 0 unspecified atom stereocenters. The summed E-state index contributed by atoms with van der Waals surface area (Å²) >= 11 is 0. The van der Waals surface area contributed by atoms with Crippen molar-refractivity contribution in [1.29, 1.82) is 0 Å². The van der Waals surface area contributed by atoms with Crippen LogP contribution in [0.2, 0.25) is 0 Å². The predicted molar refractivity (Wildman–Crippen MR) is 91.9 cm³/mol. The molecule has 0 N–H and O–H groups in total. The summed E-state index contributed by atoms with van der Waals surface area (Å²) in [7, 11) is 0. The van der Waals surface area contributed by atoms with Crippen molar-refractivity contribution in [1.82, 2.24) is 24.9 Å². The van der Waals surface area contributed by atoms with Gasteiger partial charge in [-0.3, -0.25) is 4.68 Å². The van der Waals surface area contributed by atoms with Crippen molar-refractivity contribution in [3.63, 3.8) is 0 Å². The monoisotopic (exact) mass is 341 g/mol. The summed E-state index contributed by atoms with van der Waals surface area (Å²) in [6, 6.07) is 2.03. The Morgan fingerprint density at radius 1 is 1.24 bits per heavy atom. The Morgan fingerprint density at radius 3 is 2.88 bits per heavy atom. The lowest BCUT2D eigenvalue weighted by molar-refractivity contribution is 0.0224. The fourth-order valence-electron chi connectivity index (χ4n) is 3.51. The molecule has 0 radical (unpaired) electrons. The second-order valence-corrected chi connectivity index (χ2v) is 7.66. The van der Waals surface area contributed by atoms with Gasteiger partial charge < -0.3 is 9.64 Å². The van der Waals surface area contributed by atoms with E-state index in [4.69, 9.17) is 9.84 Å². The zero-order valence-electron chi connectivity index (χ0n) is 14.9. The molecule has 2 aliphatic heterocycles. The van der Waals surface area contributed by atoms with Crippen LogP contribution in [-0.4, -0.2) is 43.1 Å². The number of carbonyl (C=O) groups is 1. The van der Waals surface area contributed by atoms with E-state index >= 15 is 0 Å². The maximum Gasteiger partial charge on any atom is 0.410 e. The Morgan fingerprint density at radius 2 is 2.08 bits per heavy atom. The molecule has 2 aromatic heterocycles. The van der Waals surface area contributed by atoms with E-state index in [1.807, 2.05) is 31.5 Å². The lowest BCUT2D eigenvalue weighted by Gasteiger charge is -2.30. The minimum atomic E-state index is -0.495. The van der Waals surface area contributed by atoms with Crippen molar-refractivity contribution >= 4 is 6.09 Å². The number of ether oxygens (including phenoxy) is 1. The molecule has 1 amide bonds. The summed E-state index contributed by atoms with van der Waals surface area (Å²) in [4.78, 5) is 14.2. The molecule has 0 aliphatic carbocycles. The number of fused-ring (bicyclic) bond motifs is 5. The number of hydrogen-bond donors (Lipinski definition) is 0. The van der Waals surface area contributed by atoms with Gasteiger partial charge >= 0.3 is 6.09 Å². The summed E-state index contributed by atoms with van der Waals surface area (Å²) in [5, 5.41) is 13.2. The van der Waals surface area contributed by atoms with Gasteiger partial charge in [-0.25, -0.2) is 4.79 Å². The Kier molecular flexibility index (Phi) is 3.74. The first kappa shape index (κ1) is 16.1. The lowest BCUT2D eigenvalue weighted by Crippen LogP contribution is -2.39. The van der Waals surface area contributed by atoms with E-state index in [1.165, 1.54) is 5.56 Å². The molecule has 4 heterocycles. The number of carbonyl (C=O) groups excluding carboxylic acids is 1. The van der Waals surface area contributed by atoms with E-state index in [2.05, 4.69) is 10.2 Å². The molecule has 7 nitrogen and oxygen atoms in total. The van der Waals surface area contributed by atoms with E-state index in [1.54, 1.807) is 11.1 Å². The van der Waals surface area contributed by atoms with Crippen molar-refractivity contribution in [2.24, 2.45) is 0 Å². The average Bonchev–Trinajstić information content (AvgIpc) is 2.80. The number of amides is 1. The SMILES string of the molecule is CC(C)(C)OC(=O)N1CCc2nn3c(c2C1)-c1nnccc1CCC3. The van der Waals surface area contributed by atoms with Crippen LogP contribution in [0.5, 0.6) is 0 Å². The molecule has 7 heteroatoms. The third kappa shape index (κ3) is 2.99. The van der Waals surface area contributed by atoms with Crippen LogP contribution in [0, 0.1) is 0 Å². The minimum absolute atomic E-state index is 0.272. The molecule has 4 rings (SSSR count). The third-order valence-corrected chi connectivity index (χ3v) is 4.60. The normalized spacial score (nSPS) is 16.5. The predicted octanol–water partition coefficient (Wildman–Crippen LogP) is 2.58. The fraction of sp³-hybridized carbons (Fsp3) is 0.556. The minimum Gasteiger partial charge on any atom is -0.444 e. The van der Waals surface area contributed by atoms with Gasteiger partial charge in [0.2, 0.25) is 0 Å². The van der Waals surface area contributed by atoms with Crippen LogP contribution in [0.4, 0.5) is 4.79 Å². The highest BCUT2D eigenvalue weighted by Gasteiger charge is 2.32. The fourth-order valence-corrected chi connectivity index (χ4v) is 3.51. The molecule has 0 saturated carbocycles. The molecular weight excluding hydrogens is 318 g/mol. The van der Waals surface area contributed by atoms with Gasteiger partial charge in [0.1, 0.15) is 11.3 Å². The zero-order valence-corrected chi connectivity index (χ0v) is 14.9. The lowest BCUT2D eigenvalue weighted by atomic mass is 10.0. The number of hydrogen-bond acceptors (Lipinski definition) is 5. The second-order valence-electron chi connectivity index (χ2n) is 7.66. The number of aryl methyl sites for hydroxylation is 2. The third-order valence-electron chi connectivity index (χ3n) is 4.60. The summed E-state index contributed by atoms with van der Waals surface area (Å²) in [5.41, 5.74) is 4.77. The highest BCUT2D eigenvalue weighted by Crippen LogP contribution is 2.34. The Hall–Kier alpha value is -2.44. The van der Waals surface area contributed by atoms with Crippen LogP contribution >= 0.6 is 0 Å². The van der Waals surface area contributed by atoms with Gasteiger partial charge in [0.15, 0.2) is 0 Å². The zero-order chi connectivity index (χ0) is 17.6. The summed E-state index contributed by atoms with van der Waals surface area (Å²) < 4.78 is 7.58. The summed E-state index contributed by atoms with van der Waals surface area (Å²) in [6.45, 7) is 7.67. The molecular formula is C18H23N5O2. The van der Waals surface area contributed by atoms with E-state index in [9.17, 15) is 4.79 Å². The number of aromatic nitrogens is 4. The number of nitrogens with zero attached hydrogens (tertiary/aromatic N) is 5. The van der Waals surface area contributed by atoms with Gasteiger partial charge in [0.25, 0.3) is 0 Å². The van der Waals surface area contributed by atoms with Crippen molar-refractivity contribution < 1.29 is 9.53 Å². The molecule has 0 saturated heterocycles. The molecule has 0 atom stereocenters. The Labute approximate surface area is 147 Å². The first-order valence-electron chi connectivity index (χ1n) is 8.80. The molecule has 2 aromatic rings. The van der Waals surface area contributed by atoms with Crippen molar-refractivity contribution in [2.45, 2.75) is 58.7 Å². The van der Waals surface area contributed by atoms with Crippen molar-refractivity contribution in [3.05, 3.63) is 29.1 Å². The molecule has 0 spiro atoms. The van der Waals surface area contributed by atoms with Gasteiger partial charge in [-0.2, -0.15) is 10.2 Å². The van der Waals surface area contributed by atoms with Crippen molar-refractivity contribution in [3.8, 4) is 11.4 Å². The maximum absolute atomic E-state index is 12.5. The van der Waals surface area contributed by atoms with Crippen LogP contribution < -0.4 is 0 Å². The molecule has 0 aromatic carbocycles. The van der Waals surface area contributed by atoms with E-state index in [0.29, 0.717) is 13.1 Å². The second kappa shape index (κ2) is 5.82. The highest BCUT2D eigenvalue weighted by atomic mass is 16.6.